The number of halogens is 5. The first-order valence-corrected chi connectivity index (χ1v) is 9.09. The molecule has 0 radical (unpaired) electrons. The molecule has 0 spiro atoms. The van der Waals surface area contributed by atoms with Crippen LogP contribution in [0.3, 0.4) is 0 Å². The average molecular weight is 470 g/mol. The summed E-state index contributed by atoms with van der Waals surface area (Å²) in [6, 6.07) is 2.74. The van der Waals surface area contributed by atoms with E-state index in [2.05, 4.69) is 5.10 Å². The maximum Gasteiger partial charge on any atom is 0.308 e. The van der Waals surface area contributed by atoms with Crippen LogP contribution in [0.15, 0.2) is 22.8 Å². The molecule has 3 rings (SSSR count). The van der Waals surface area contributed by atoms with E-state index in [0.29, 0.717) is 0 Å². The lowest BCUT2D eigenvalue weighted by atomic mass is 10.1. The number of benzene rings is 2. The van der Waals surface area contributed by atoms with Gasteiger partial charge in [-0.05, 0) is 30.7 Å². The zero-order valence-corrected chi connectivity index (χ0v) is 17.6. The van der Waals surface area contributed by atoms with Gasteiger partial charge in [-0.15, -0.1) is 0 Å². The van der Waals surface area contributed by atoms with Crippen molar-refractivity contribution in [2.75, 3.05) is 19.2 Å². The topological polar surface area (TPSA) is 77.4 Å². The maximum absolute atomic E-state index is 14.2. The number of esters is 1. The summed E-state index contributed by atoms with van der Waals surface area (Å²) in [5.41, 5.74) is -1.51. The Kier molecular flexibility index (Phi) is 6.38. The third kappa shape index (κ3) is 4.11. The lowest BCUT2D eigenvalue weighted by molar-refractivity contribution is -0.132. The highest BCUT2D eigenvalue weighted by Crippen LogP contribution is 2.40. The number of rotatable bonds is 5. The minimum absolute atomic E-state index is 0.0270. The smallest absolute Gasteiger partial charge is 0.308 e. The molecule has 1 amide bonds. The largest absolute Gasteiger partial charge is 0.493 e. The van der Waals surface area contributed by atoms with Gasteiger partial charge in [0.2, 0.25) is 11.6 Å². The zero-order chi connectivity index (χ0) is 24.6. The molecule has 0 bridgehead atoms. The monoisotopic (exact) mass is 470 g/mol. The molecule has 2 aromatic carbocycles. The summed E-state index contributed by atoms with van der Waals surface area (Å²) in [7, 11) is 2.58. The first-order chi connectivity index (χ1) is 15.5. The summed E-state index contributed by atoms with van der Waals surface area (Å²) in [4.78, 5) is 24.1. The fraction of sp³-hybridized carbons (Fsp3) is 0.190. The van der Waals surface area contributed by atoms with Crippen molar-refractivity contribution in [3.05, 3.63) is 52.4 Å². The molecule has 1 aliphatic heterocycles. The van der Waals surface area contributed by atoms with Gasteiger partial charge in [-0.2, -0.15) is 10.1 Å². The molecule has 0 saturated heterocycles. The number of hydrogen-bond acceptors (Lipinski definition) is 6. The van der Waals surface area contributed by atoms with Crippen molar-refractivity contribution in [2.24, 2.45) is 5.10 Å². The molecule has 12 heteroatoms. The van der Waals surface area contributed by atoms with Crippen molar-refractivity contribution < 1.29 is 45.8 Å². The average Bonchev–Trinajstić information content (AvgIpc) is 3.04. The first kappa shape index (κ1) is 23.7. The second-order valence-electron chi connectivity index (χ2n) is 6.63. The number of hydrogen-bond donors (Lipinski definition) is 0. The van der Waals surface area contributed by atoms with Crippen LogP contribution in [0.25, 0.3) is 6.08 Å². The molecule has 0 unspecified atom stereocenters. The summed E-state index contributed by atoms with van der Waals surface area (Å²) >= 11 is 0. The fourth-order valence-electron chi connectivity index (χ4n) is 3.01. The molecule has 1 heterocycles. The lowest BCUT2D eigenvalue weighted by Crippen LogP contribution is -2.25. The third-order valence-electron chi connectivity index (χ3n) is 4.50. The van der Waals surface area contributed by atoms with Crippen LogP contribution in [0.2, 0.25) is 0 Å². The van der Waals surface area contributed by atoms with E-state index in [-0.39, 0.29) is 39.1 Å². The highest BCUT2D eigenvalue weighted by atomic mass is 19.2. The molecule has 0 atom stereocenters. The molecular formula is C21H15F5N2O5. The van der Waals surface area contributed by atoms with E-state index in [4.69, 9.17) is 14.2 Å². The minimum atomic E-state index is -2.36. The van der Waals surface area contributed by atoms with Gasteiger partial charge in [0.25, 0.3) is 5.91 Å². The third-order valence-corrected chi connectivity index (χ3v) is 4.50. The van der Waals surface area contributed by atoms with Gasteiger partial charge in [0.15, 0.2) is 34.8 Å². The van der Waals surface area contributed by atoms with Crippen LogP contribution in [0.4, 0.5) is 27.6 Å². The number of hydrazone groups is 1. The SMILES string of the molecule is COc1cc(/C=C2\C(=O)N(c3c(F)c(F)c(F)c(F)c3F)N=C2C)cc(OC)c1OC(C)=O. The normalized spacial score (nSPS) is 14.6. The fourth-order valence-corrected chi connectivity index (χ4v) is 3.01. The Morgan fingerprint density at radius 3 is 1.88 bits per heavy atom. The van der Waals surface area contributed by atoms with Gasteiger partial charge in [0, 0.05) is 6.92 Å². The Hall–Kier alpha value is -3.96. The number of carbonyl (C=O) groups is 2. The van der Waals surface area contributed by atoms with Gasteiger partial charge >= 0.3 is 5.97 Å². The van der Waals surface area contributed by atoms with Crippen molar-refractivity contribution >= 4 is 29.4 Å². The highest BCUT2D eigenvalue weighted by molar-refractivity contribution is 6.32. The Morgan fingerprint density at radius 1 is 0.939 bits per heavy atom. The molecule has 0 N–H and O–H groups in total. The predicted molar refractivity (Wildman–Crippen MR) is 106 cm³/mol. The van der Waals surface area contributed by atoms with Gasteiger partial charge in [0.05, 0.1) is 25.5 Å². The van der Waals surface area contributed by atoms with E-state index >= 15 is 0 Å². The second kappa shape index (κ2) is 8.88. The number of methoxy groups -OCH3 is 2. The number of ether oxygens (including phenoxy) is 3. The van der Waals surface area contributed by atoms with Crippen LogP contribution < -0.4 is 19.2 Å². The van der Waals surface area contributed by atoms with Crippen molar-refractivity contribution in [1.82, 2.24) is 0 Å². The molecule has 0 aliphatic carbocycles. The van der Waals surface area contributed by atoms with Crippen LogP contribution in [0, 0.1) is 29.1 Å². The highest BCUT2D eigenvalue weighted by Gasteiger charge is 2.37. The molecule has 174 valence electrons. The maximum atomic E-state index is 14.2. The molecule has 0 saturated carbocycles. The van der Waals surface area contributed by atoms with E-state index in [1.54, 1.807) is 0 Å². The van der Waals surface area contributed by atoms with Gasteiger partial charge < -0.3 is 14.2 Å². The van der Waals surface area contributed by atoms with Gasteiger partial charge in [0.1, 0.15) is 5.69 Å². The van der Waals surface area contributed by atoms with Gasteiger partial charge in [-0.1, -0.05) is 0 Å². The summed E-state index contributed by atoms with van der Waals surface area (Å²) in [5.74, 6) is -12.9. The van der Waals surface area contributed by atoms with Crippen LogP contribution in [0.5, 0.6) is 17.2 Å². The summed E-state index contributed by atoms with van der Waals surface area (Å²) < 4.78 is 84.3. The molecule has 0 aromatic heterocycles. The standard InChI is InChI=1S/C21H15F5N2O5/c1-8-11(5-10-6-12(31-3)20(33-9(2)29)13(7-10)32-4)21(30)28(27-8)19-17(25)15(23)14(22)16(24)18(19)26/h5-7H,1-4H3/b11-5-. The number of anilines is 1. The van der Waals surface area contributed by atoms with Crippen LogP contribution in [0.1, 0.15) is 19.4 Å². The van der Waals surface area contributed by atoms with Crippen molar-refractivity contribution in [3.63, 3.8) is 0 Å². The molecule has 2 aromatic rings. The van der Waals surface area contributed by atoms with E-state index < -0.39 is 46.6 Å². The lowest BCUT2D eigenvalue weighted by Gasteiger charge is -2.15. The molecule has 33 heavy (non-hydrogen) atoms. The Bertz CT molecular complexity index is 1190. The second-order valence-corrected chi connectivity index (χ2v) is 6.63. The molecule has 0 fully saturated rings. The van der Waals surface area contributed by atoms with Crippen molar-refractivity contribution in [3.8, 4) is 17.2 Å². The summed E-state index contributed by atoms with van der Waals surface area (Å²) in [6.07, 6.45) is 1.23. The summed E-state index contributed by atoms with van der Waals surface area (Å²) in [5, 5.41) is 3.75. The van der Waals surface area contributed by atoms with Crippen molar-refractivity contribution in [1.29, 1.82) is 0 Å². The molecular weight excluding hydrogens is 455 g/mol. The van der Waals surface area contributed by atoms with Crippen LogP contribution >= 0.6 is 0 Å². The summed E-state index contributed by atoms with van der Waals surface area (Å²) in [6.45, 7) is 2.47. The first-order valence-electron chi connectivity index (χ1n) is 9.09. The number of amides is 1. The van der Waals surface area contributed by atoms with E-state index in [1.165, 1.54) is 46.3 Å². The minimum Gasteiger partial charge on any atom is -0.493 e. The number of carbonyl (C=O) groups excluding carboxylic acids is 2. The van der Waals surface area contributed by atoms with Crippen LogP contribution in [-0.2, 0) is 9.59 Å². The zero-order valence-electron chi connectivity index (χ0n) is 17.6. The van der Waals surface area contributed by atoms with E-state index in [0.717, 1.165) is 0 Å². The Balaban J connectivity index is 2.09. The molecule has 7 nitrogen and oxygen atoms in total. The Morgan fingerprint density at radius 2 is 1.42 bits per heavy atom. The van der Waals surface area contributed by atoms with Gasteiger partial charge in [-0.3, -0.25) is 9.59 Å². The Labute approximate surface area is 183 Å². The van der Waals surface area contributed by atoms with E-state index in [1.807, 2.05) is 0 Å². The van der Waals surface area contributed by atoms with Crippen molar-refractivity contribution in [2.45, 2.75) is 13.8 Å². The van der Waals surface area contributed by atoms with Crippen LogP contribution in [-0.4, -0.2) is 31.8 Å². The quantitative estimate of drug-likeness (QED) is 0.164. The molecule has 1 aliphatic rings. The van der Waals surface area contributed by atoms with Gasteiger partial charge in [-0.25, -0.2) is 22.0 Å². The number of nitrogens with zero attached hydrogens (tertiary/aromatic N) is 2. The van der Waals surface area contributed by atoms with E-state index in [9.17, 15) is 31.5 Å². The predicted octanol–water partition coefficient (Wildman–Crippen LogP) is 4.13.